The lowest BCUT2D eigenvalue weighted by atomic mass is 10.2. The van der Waals surface area contributed by atoms with Gasteiger partial charge in [0.25, 0.3) is 5.91 Å². The first-order valence-corrected chi connectivity index (χ1v) is 6.30. The summed E-state index contributed by atoms with van der Waals surface area (Å²) < 4.78 is 5.51. The molecular formula is C11H16N2O2S. The second-order valence-electron chi connectivity index (χ2n) is 4.22. The van der Waals surface area contributed by atoms with Gasteiger partial charge in [0, 0.05) is 6.54 Å². The van der Waals surface area contributed by atoms with E-state index in [1.165, 1.54) is 11.3 Å². The number of nitrogens with zero attached hydrogens (tertiary/aromatic N) is 2. The third kappa shape index (κ3) is 2.10. The summed E-state index contributed by atoms with van der Waals surface area (Å²) in [7, 11) is 0. The first-order valence-electron chi connectivity index (χ1n) is 5.42. The van der Waals surface area contributed by atoms with Gasteiger partial charge in [0.1, 0.15) is 4.88 Å². The molecule has 1 aliphatic heterocycles. The maximum absolute atomic E-state index is 12.3. The standard InChI is InChI=1S/C11H16N2O2S/c1-7-5-15-8(2)4-13(7)11(14)10-9(3)12-6-16-10/h6-8H,4-5H2,1-3H3. The molecule has 1 saturated heterocycles. The first kappa shape index (κ1) is 11.5. The van der Waals surface area contributed by atoms with Gasteiger partial charge in [-0.15, -0.1) is 11.3 Å². The van der Waals surface area contributed by atoms with Gasteiger partial charge < -0.3 is 9.64 Å². The number of thiazole rings is 1. The third-order valence-corrected chi connectivity index (χ3v) is 3.72. The van der Waals surface area contributed by atoms with Gasteiger partial charge in [-0.05, 0) is 20.8 Å². The smallest absolute Gasteiger partial charge is 0.266 e. The number of morpholine rings is 1. The number of aromatic nitrogens is 1. The van der Waals surface area contributed by atoms with Crippen molar-refractivity contribution in [2.45, 2.75) is 32.9 Å². The fourth-order valence-corrected chi connectivity index (χ4v) is 2.58. The molecule has 2 rings (SSSR count). The lowest BCUT2D eigenvalue weighted by Crippen LogP contribution is -2.50. The lowest BCUT2D eigenvalue weighted by molar-refractivity contribution is -0.0385. The van der Waals surface area contributed by atoms with Crippen molar-refractivity contribution in [3.63, 3.8) is 0 Å². The summed E-state index contributed by atoms with van der Waals surface area (Å²) >= 11 is 1.41. The normalized spacial score (nSPS) is 25.8. The van der Waals surface area contributed by atoms with E-state index in [4.69, 9.17) is 4.74 Å². The highest BCUT2D eigenvalue weighted by Gasteiger charge is 2.29. The highest BCUT2D eigenvalue weighted by molar-refractivity contribution is 7.11. The van der Waals surface area contributed by atoms with E-state index in [9.17, 15) is 4.79 Å². The fourth-order valence-electron chi connectivity index (χ4n) is 1.82. The zero-order chi connectivity index (χ0) is 11.7. The molecule has 2 atom stereocenters. The van der Waals surface area contributed by atoms with E-state index in [0.717, 1.165) is 10.6 Å². The number of ether oxygens (including phenoxy) is 1. The van der Waals surface area contributed by atoms with Crippen molar-refractivity contribution in [3.8, 4) is 0 Å². The zero-order valence-electron chi connectivity index (χ0n) is 9.77. The summed E-state index contributed by atoms with van der Waals surface area (Å²) in [5.74, 6) is 0.0858. The maximum Gasteiger partial charge on any atom is 0.266 e. The molecule has 0 aromatic carbocycles. The van der Waals surface area contributed by atoms with Crippen molar-refractivity contribution < 1.29 is 9.53 Å². The van der Waals surface area contributed by atoms with Gasteiger partial charge in [-0.1, -0.05) is 0 Å². The molecule has 1 amide bonds. The largest absolute Gasteiger partial charge is 0.375 e. The van der Waals surface area contributed by atoms with Crippen LogP contribution in [-0.2, 0) is 4.74 Å². The van der Waals surface area contributed by atoms with Crippen molar-refractivity contribution in [2.24, 2.45) is 0 Å². The number of rotatable bonds is 1. The molecule has 1 fully saturated rings. The Balaban J connectivity index is 2.18. The number of carbonyl (C=O) groups excluding carboxylic acids is 1. The maximum atomic E-state index is 12.3. The van der Waals surface area contributed by atoms with Crippen LogP contribution in [0, 0.1) is 6.92 Å². The average molecular weight is 240 g/mol. The Morgan fingerprint density at radius 3 is 3.00 bits per heavy atom. The molecule has 5 heteroatoms. The molecule has 4 nitrogen and oxygen atoms in total. The Morgan fingerprint density at radius 1 is 1.62 bits per heavy atom. The van der Waals surface area contributed by atoms with Crippen molar-refractivity contribution >= 4 is 17.2 Å². The highest BCUT2D eigenvalue weighted by atomic mass is 32.1. The summed E-state index contributed by atoms with van der Waals surface area (Å²) in [6.07, 6.45) is 0.119. The molecule has 0 N–H and O–H groups in total. The van der Waals surface area contributed by atoms with Gasteiger partial charge in [0.2, 0.25) is 0 Å². The Hall–Kier alpha value is -0.940. The molecule has 16 heavy (non-hydrogen) atoms. The third-order valence-electron chi connectivity index (χ3n) is 2.81. The second kappa shape index (κ2) is 4.51. The Morgan fingerprint density at radius 2 is 2.38 bits per heavy atom. The van der Waals surface area contributed by atoms with Crippen LogP contribution in [0.5, 0.6) is 0 Å². The monoisotopic (exact) mass is 240 g/mol. The van der Waals surface area contributed by atoms with Gasteiger partial charge >= 0.3 is 0 Å². The van der Waals surface area contributed by atoms with E-state index in [0.29, 0.717) is 13.2 Å². The summed E-state index contributed by atoms with van der Waals surface area (Å²) in [4.78, 5) is 19.0. The van der Waals surface area contributed by atoms with Crippen LogP contribution in [0.2, 0.25) is 0 Å². The molecule has 2 unspecified atom stereocenters. The van der Waals surface area contributed by atoms with Crippen molar-refractivity contribution in [2.75, 3.05) is 13.2 Å². The summed E-state index contributed by atoms with van der Waals surface area (Å²) in [5.41, 5.74) is 2.54. The number of amides is 1. The van der Waals surface area contributed by atoms with Crippen LogP contribution in [0.25, 0.3) is 0 Å². The van der Waals surface area contributed by atoms with Gasteiger partial charge in [0.05, 0.1) is 30.0 Å². The molecule has 0 spiro atoms. The summed E-state index contributed by atoms with van der Waals surface area (Å²) in [6.45, 7) is 7.16. The summed E-state index contributed by atoms with van der Waals surface area (Å²) in [6, 6.07) is 0.144. The van der Waals surface area contributed by atoms with E-state index >= 15 is 0 Å². The van der Waals surface area contributed by atoms with Gasteiger partial charge in [-0.3, -0.25) is 4.79 Å². The predicted molar refractivity (Wildman–Crippen MR) is 62.8 cm³/mol. The molecule has 2 heterocycles. The van der Waals surface area contributed by atoms with Crippen molar-refractivity contribution in [1.82, 2.24) is 9.88 Å². The average Bonchev–Trinajstić information content (AvgIpc) is 2.67. The van der Waals surface area contributed by atoms with Gasteiger partial charge in [-0.25, -0.2) is 4.98 Å². The Labute approximate surface area is 99.2 Å². The van der Waals surface area contributed by atoms with Crippen LogP contribution >= 0.6 is 11.3 Å². The number of hydrogen-bond acceptors (Lipinski definition) is 4. The minimum atomic E-state index is 0.0858. The van der Waals surface area contributed by atoms with E-state index in [2.05, 4.69) is 4.98 Å². The van der Waals surface area contributed by atoms with Crippen molar-refractivity contribution in [1.29, 1.82) is 0 Å². The molecule has 0 radical (unpaired) electrons. The Bertz CT molecular complexity index is 391. The van der Waals surface area contributed by atoms with Gasteiger partial charge in [-0.2, -0.15) is 0 Å². The minimum absolute atomic E-state index is 0.0858. The number of aryl methyl sites for hydroxylation is 1. The SMILES string of the molecule is Cc1ncsc1C(=O)N1CC(C)OCC1C. The van der Waals surface area contributed by atoms with Crippen LogP contribution in [0.1, 0.15) is 29.2 Å². The van der Waals surface area contributed by atoms with E-state index < -0.39 is 0 Å². The highest BCUT2D eigenvalue weighted by Crippen LogP contribution is 2.19. The van der Waals surface area contributed by atoms with Crippen LogP contribution < -0.4 is 0 Å². The van der Waals surface area contributed by atoms with Crippen LogP contribution in [0.15, 0.2) is 5.51 Å². The van der Waals surface area contributed by atoms with Crippen LogP contribution in [-0.4, -0.2) is 41.1 Å². The number of hydrogen-bond donors (Lipinski definition) is 0. The molecule has 0 aliphatic carbocycles. The predicted octanol–water partition coefficient (Wildman–Crippen LogP) is 1.70. The van der Waals surface area contributed by atoms with Crippen molar-refractivity contribution in [3.05, 3.63) is 16.1 Å². The second-order valence-corrected chi connectivity index (χ2v) is 5.07. The van der Waals surface area contributed by atoms with E-state index in [1.54, 1.807) is 5.51 Å². The van der Waals surface area contributed by atoms with Crippen LogP contribution in [0.3, 0.4) is 0 Å². The molecule has 1 aromatic heterocycles. The quantitative estimate of drug-likeness (QED) is 0.750. The molecule has 0 bridgehead atoms. The fraction of sp³-hybridized carbons (Fsp3) is 0.636. The van der Waals surface area contributed by atoms with E-state index in [-0.39, 0.29) is 18.1 Å². The van der Waals surface area contributed by atoms with E-state index in [1.807, 2.05) is 25.7 Å². The first-order chi connectivity index (χ1) is 7.59. The Kier molecular flexibility index (Phi) is 3.25. The molecule has 0 saturated carbocycles. The molecular weight excluding hydrogens is 224 g/mol. The minimum Gasteiger partial charge on any atom is -0.375 e. The van der Waals surface area contributed by atoms with Gasteiger partial charge in [0.15, 0.2) is 0 Å². The summed E-state index contributed by atoms with van der Waals surface area (Å²) in [5, 5.41) is 0. The van der Waals surface area contributed by atoms with Crippen LogP contribution in [0.4, 0.5) is 0 Å². The number of carbonyl (C=O) groups is 1. The zero-order valence-corrected chi connectivity index (χ0v) is 10.6. The lowest BCUT2D eigenvalue weighted by Gasteiger charge is -2.36. The molecule has 88 valence electrons. The molecule has 1 aliphatic rings. The topological polar surface area (TPSA) is 42.4 Å². The molecule has 1 aromatic rings.